The molecule has 3 heteroatoms. The minimum atomic E-state index is 0.663. The zero-order valence-electron chi connectivity index (χ0n) is 11.9. The highest BCUT2D eigenvalue weighted by atomic mass is 127. The van der Waals surface area contributed by atoms with Gasteiger partial charge in [-0.25, -0.2) is 0 Å². The predicted octanol–water partition coefficient (Wildman–Crippen LogP) is 4.75. The van der Waals surface area contributed by atoms with E-state index in [0.29, 0.717) is 6.04 Å². The first-order chi connectivity index (χ1) is 8.71. The Labute approximate surface area is 125 Å². The van der Waals surface area contributed by atoms with Gasteiger partial charge in [-0.05, 0) is 67.0 Å². The maximum Gasteiger partial charge on any atom is 0.0758 e. The third kappa shape index (κ3) is 2.75. The van der Waals surface area contributed by atoms with Gasteiger partial charge in [0.2, 0.25) is 0 Å². The number of hydrogen-bond donors (Lipinski definition) is 0. The van der Waals surface area contributed by atoms with Gasteiger partial charge in [-0.15, -0.1) is 0 Å². The zero-order valence-corrected chi connectivity index (χ0v) is 14.0. The van der Waals surface area contributed by atoms with Crippen LogP contribution in [0.5, 0.6) is 0 Å². The summed E-state index contributed by atoms with van der Waals surface area (Å²) in [5, 5.41) is 4.88. The van der Waals surface area contributed by atoms with Crippen molar-refractivity contribution in [3.05, 3.63) is 15.0 Å². The molecule has 0 spiro atoms. The minimum absolute atomic E-state index is 0.663. The van der Waals surface area contributed by atoms with Crippen LogP contribution in [0.4, 0.5) is 0 Å². The van der Waals surface area contributed by atoms with E-state index in [1.807, 2.05) is 0 Å². The molecule has 1 fully saturated rings. The molecule has 0 unspecified atom stereocenters. The summed E-state index contributed by atoms with van der Waals surface area (Å²) in [7, 11) is 0. The van der Waals surface area contributed by atoms with Gasteiger partial charge in [-0.1, -0.05) is 27.2 Å². The lowest BCUT2D eigenvalue weighted by Crippen LogP contribution is -2.20. The molecule has 0 aromatic carbocycles. The van der Waals surface area contributed by atoms with Gasteiger partial charge in [0, 0.05) is 0 Å². The molecular formula is C15H25IN2. The van der Waals surface area contributed by atoms with Crippen LogP contribution in [0.25, 0.3) is 0 Å². The highest BCUT2D eigenvalue weighted by molar-refractivity contribution is 14.1. The average Bonchev–Trinajstić information content (AvgIpc) is 2.75. The van der Waals surface area contributed by atoms with E-state index in [9.17, 15) is 0 Å². The van der Waals surface area contributed by atoms with Gasteiger partial charge < -0.3 is 0 Å². The lowest BCUT2D eigenvalue weighted by Gasteiger charge is -2.29. The van der Waals surface area contributed by atoms with E-state index in [2.05, 4.69) is 48.0 Å². The molecule has 1 heterocycles. The predicted molar refractivity (Wildman–Crippen MR) is 85.0 cm³/mol. The lowest BCUT2D eigenvalue weighted by molar-refractivity contribution is 0.252. The van der Waals surface area contributed by atoms with Crippen LogP contribution >= 0.6 is 22.6 Å². The van der Waals surface area contributed by atoms with Crippen molar-refractivity contribution < 1.29 is 0 Å². The number of nitrogens with zero attached hydrogens (tertiary/aromatic N) is 2. The van der Waals surface area contributed by atoms with E-state index in [0.717, 1.165) is 18.8 Å². The minimum Gasteiger partial charge on any atom is -0.265 e. The number of halogens is 1. The second kappa shape index (κ2) is 6.40. The van der Waals surface area contributed by atoms with Gasteiger partial charge in [0.25, 0.3) is 0 Å². The number of aryl methyl sites for hydroxylation is 1. The molecule has 1 aliphatic rings. The molecule has 1 aliphatic carbocycles. The van der Waals surface area contributed by atoms with Crippen molar-refractivity contribution in [1.29, 1.82) is 0 Å². The second-order valence-electron chi connectivity index (χ2n) is 5.44. The molecule has 2 rings (SSSR count). The van der Waals surface area contributed by atoms with Gasteiger partial charge >= 0.3 is 0 Å². The number of aromatic nitrogens is 2. The van der Waals surface area contributed by atoms with E-state index in [1.54, 1.807) is 0 Å². The van der Waals surface area contributed by atoms with Crippen LogP contribution < -0.4 is 0 Å². The van der Waals surface area contributed by atoms with E-state index in [-0.39, 0.29) is 0 Å². The van der Waals surface area contributed by atoms with E-state index >= 15 is 0 Å². The molecule has 0 atom stereocenters. The van der Waals surface area contributed by atoms with Crippen LogP contribution in [-0.4, -0.2) is 9.78 Å². The fraction of sp³-hybridized carbons (Fsp3) is 0.800. The maximum atomic E-state index is 4.88. The van der Waals surface area contributed by atoms with Gasteiger partial charge in [-0.2, -0.15) is 5.10 Å². The van der Waals surface area contributed by atoms with Crippen molar-refractivity contribution in [2.75, 3.05) is 0 Å². The molecule has 1 aromatic rings. The Hall–Kier alpha value is -0.0600. The highest BCUT2D eigenvalue weighted by Gasteiger charge is 2.25. The first kappa shape index (κ1) is 14.4. The summed E-state index contributed by atoms with van der Waals surface area (Å²) in [5.74, 6) is 0.964. The highest BCUT2D eigenvalue weighted by Crippen LogP contribution is 2.35. The Morgan fingerprint density at radius 2 is 1.78 bits per heavy atom. The van der Waals surface area contributed by atoms with Gasteiger partial charge in [0.1, 0.15) is 0 Å². The summed E-state index contributed by atoms with van der Waals surface area (Å²) in [6.45, 7) is 6.80. The Morgan fingerprint density at radius 3 is 2.28 bits per heavy atom. The van der Waals surface area contributed by atoms with Gasteiger partial charge in [0.05, 0.1) is 21.0 Å². The average molecular weight is 360 g/mol. The molecule has 0 amide bonds. The second-order valence-corrected chi connectivity index (χ2v) is 6.52. The molecule has 0 N–H and O–H groups in total. The van der Waals surface area contributed by atoms with Crippen molar-refractivity contribution in [3.8, 4) is 0 Å². The zero-order chi connectivity index (χ0) is 13.1. The first-order valence-corrected chi connectivity index (χ1v) is 8.54. The largest absolute Gasteiger partial charge is 0.265 e. The van der Waals surface area contributed by atoms with Gasteiger partial charge in [0.15, 0.2) is 0 Å². The van der Waals surface area contributed by atoms with Crippen LogP contribution in [0.15, 0.2) is 0 Å². The first-order valence-electron chi connectivity index (χ1n) is 7.46. The van der Waals surface area contributed by atoms with Gasteiger partial charge in [-0.3, -0.25) is 4.68 Å². The lowest BCUT2D eigenvalue weighted by atomic mass is 9.84. The van der Waals surface area contributed by atoms with Crippen LogP contribution in [0.2, 0.25) is 0 Å². The van der Waals surface area contributed by atoms with E-state index < -0.39 is 0 Å². The summed E-state index contributed by atoms with van der Waals surface area (Å²) in [5.41, 5.74) is 2.76. The molecule has 1 aromatic heterocycles. The Balaban J connectivity index is 2.18. The molecule has 18 heavy (non-hydrogen) atoms. The van der Waals surface area contributed by atoms with E-state index in [1.165, 1.54) is 47.1 Å². The monoisotopic (exact) mass is 360 g/mol. The van der Waals surface area contributed by atoms with Crippen LogP contribution in [-0.2, 0) is 12.8 Å². The fourth-order valence-corrected chi connectivity index (χ4v) is 4.26. The molecule has 0 radical (unpaired) electrons. The molecular weight excluding hydrogens is 335 g/mol. The van der Waals surface area contributed by atoms with Crippen LogP contribution in [0, 0.1) is 9.49 Å². The van der Waals surface area contributed by atoms with Crippen molar-refractivity contribution in [1.82, 2.24) is 9.78 Å². The Kier molecular flexibility index (Phi) is 5.10. The summed E-state index contributed by atoms with van der Waals surface area (Å²) >= 11 is 2.49. The molecule has 102 valence electrons. The molecule has 1 saturated carbocycles. The summed E-state index contributed by atoms with van der Waals surface area (Å²) < 4.78 is 3.78. The summed E-state index contributed by atoms with van der Waals surface area (Å²) in [4.78, 5) is 0. The summed E-state index contributed by atoms with van der Waals surface area (Å²) in [6.07, 6.45) is 8.95. The van der Waals surface area contributed by atoms with E-state index in [4.69, 9.17) is 5.10 Å². The molecule has 0 bridgehead atoms. The standard InChI is InChI=1S/C15H25IN2/c1-4-11-7-9-12(10-8-11)18-14(6-3)15(16)13(5-2)17-18/h11-12H,4-10H2,1-3H3. The quantitative estimate of drug-likeness (QED) is 0.709. The Morgan fingerprint density at radius 1 is 1.11 bits per heavy atom. The molecule has 2 nitrogen and oxygen atoms in total. The van der Waals surface area contributed by atoms with Crippen molar-refractivity contribution in [2.24, 2.45) is 5.92 Å². The Bertz CT molecular complexity index is 389. The molecule has 0 aliphatic heterocycles. The topological polar surface area (TPSA) is 17.8 Å². The van der Waals surface area contributed by atoms with Crippen molar-refractivity contribution in [3.63, 3.8) is 0 Å². The fourth-order valence-electron chi connectivity index (χ4n) is 3.14. The third-order valence-corrected chi connectivity index (χ3v) is 5.67. The van der Waals surface area contributed by atoms with Crippen molar-refractivity contribution >= 4 is 22.6 Å². The maximum absolute atomic E-state index is 4.88. The van der Waals surface area contributed by atoms with Crippen molar-refractivity contribution in [2.45, 2.75) is 71.8 Å². The van der Waals surface area contributed by atoms with Crippen LogP contribution in [0.1, 0.15) is 70.3 Å². The normalized spacial score (nSPS) is 24.4. The molecule has 0 saturated heterocycles. The van der Waals surface area contributed by atoms with Crippen LogP contribution in [0.3, 0.4) is 0 Å². The SMILES string of the molecule is CCc1nn(C2CCC(CC)CC2)c(CC)c1I. The smallest absolute Gasteiger partial charge is 0.0758 e. The number of hydrogen-bond acceptors (Lipinski definition) is 1. The number of rotatable bonds is 4. The third-order valence-electron chi connectivity index (χ3n) is 4.42. The summed E-state index contributed by atoms with van der Waals surface area (Å²) in [6, 6.07) is 0.663.